The third-order valence-electron chi connectivity index (χ3n) is 5.29. The summed E-state index contributed by atoms with van der Waals surface area (Å²) in [7, 11) is -0.909. The number of carbonyl (C=O) groups excluding carboxylic acids is 1. The first-order valence-corrected chi connectivity index (χ1v) is 12.6. The van der Waals surface area contributed by atoms with Crippen LogP contribution in [0, 0.1) is 0 Å². The predicted octanol–water partition coefficient (Wildman–Crippen LogP) is 4.76. The molecule has 4 heteroatoms. The van der Waals surface area contributed by atoms with E-state index in [1.165, 1.54) is 39.2 Å². The first-order valence-electron chi connectivity index (χ1n) is 9.57. The quantitative estimate of drug-likeness (QED) is 0.333. The molecule has 0 fully saturated rings. The van der Waals surface area contributed by atoms with Crippen LogP contribution in [-0.4, -0.2) is 13.1 Å². The Morgan fingerprint density at radius 1 is 0.724 bits per heavy atom. The Labute approximate surface area is 176 Å². The van der Waals surface area contributed by atoms with Crippen LogP contribution in [0.25, 0.3) is 0 Å². The third-order valence-corrected chi connectivity index (χ3v) is 11.5. The molecule has 1 aromatic heterocycles. The van der Waals surface area contributed by atoms with Gasteiger partial charge in [0.05, 0.1) is 0 Å². The monoisotopic (exact) mass is 418 g/mol. The second kappa shape index (κ2) is 8.73. The Morgan fingerprint density at radius 2 is 1.17 bits per heavy atom. The van der Waals surface area contributed by atoms with Crippen LogP contribution < -0.4 is 15.9 Å². The molecule has 29 heavy (non-hydrogen) atoms. The molecule has 0 N–H and O–H groups in total. The molecular formula is C25H23O2PS. The molecule has 0 bridgehead atoms. The Balaban J connectivity index is 1.93. The molecule has 2 nitrogen and oxygen atoms in total. The van der Waals surface area contributed by atoms with Crippen molar-refractivity contribution in [2.24, 2.45) is 0 Å². The van der Waals surface area contributed by atoms with Crippen LogP contribution in [-0.2, 0) is 10.9 Å². The summed E-state index contributed by atoms with van der Waals surface area (Å²) in [6.45, 7) is 0. The molecule has 0 amide bonds. The molecule has 0 radical (unpaired) electrons. The van der Waals surface area contributed by atoms with E-state index in [0.29, 0.717) is 4.88 Å². The first kappa shape index (κ1) is 19.6. The van der Waals surface area contributed by atoms with E-state index in [9.17, 15) is 4.79 Å². The fourth-order valence-corrected chi connectivity index (χ4v) is 10.1. The van der Waals surface area contributed by atoms with E-state index >= 15 is 0 Å². The summed E-state index contributed by atoms with van der Waals surface area (Å²) in [6, 6.07) is 36.4. The van der Waals surface area contributed by atoms with Crippen molar-refractivity contribution in [2.45, 2.75) is 6.16 Å². The van der Waals surface area contributed by atoms with Gasteiger partial charge in [0.15, 0.2) is 0 Å². The van der Waals surface area contributed by atoms with E-state index in [4.69, 9.17) is 4.74 Å². The maximum atomic E-state index is 12.0. The summed E-state index contributed by atoms with van der Waals surface area (Å²) in [6.07, 6.45) is 0.896. The van der Waals surface area contributed by atoms with Gasteiger partial charge in [0, 0.05) is 0 Å². The van der Waals surface area contributed by atoms with Gasteiger partial charge in [0.25, 0.3) is 0 Å². The molecule has 3 aromatic carbocycles. The van der Waals surface area contributed by atoms with Crippen LogP contribution in [0.4, 0.5) is 0 Å². The summed E-state index contributed by atoms with van der Waals surface area (Å²) in [5.41, 5.74) is 0. The zero-order valence-corrected chi connectivity index (χ0v) is 18.1. The summed E-state index contributed by atoms with van der Waals surface area (Å²) in [4.78, 5) is 13.9. The van der Waals surface area contributed by atoms with Gasteiger partial charge in [-0.2, -0.15) is 0 Å². The molecule has 4 aromatic rings. The molecule has 0 aliphatic heterocycles. The molecule has 146 valence electrons. The molecule has 4 rings (SSSR count). The predicted molar refractivity (Wildman–Crippen MR) is 126 cm³/mol. The van der Waals surface area contributed by atoms with Crippen molar-refractivity contribution in [3.8, 4) is 0 Å². The van der Waals surface area contributed by atoms with Crippen molar-refractivity contribution < 1.29 is 9.53 Å². The second-order valence-corrected chi connectivity index (χ2v) is 12.0. The molecular weight excluding hydrogens is 395 g/mol. The van der Waals surface area contributed by atoms with E-state index < -0.39 is 7.26 Å². The van der Waals surface area contributed by atoms with Gasteiger partial charge in [0.1, 0.15) is 0 Å². The maximum absolute atomic E-state index is 12.0. The Bertz CT molecular complexity index is 979. The van der Waals surface area contributed by atoms with Gasteiger partial charge in [-0.25, -0.2) is 0 Å². The van der Waals surface area contributed by atoms with Crippen molar-refractivity contribution in [3.63, 3.8) is 0 Å². The van der Waals surface area contributed by atoms with Gasteiger partial charge in [-0.15, -0.1) is 0 Å². The SMILES string of the molecule is COC(=O)c1ccc(C[PH](c2ccccc2)(c2ccccc2)c2ccccc2)s1. The number of benzene rings is 3. The number of hydrogen-bond donors (Lipinski definition) is 0. The molecule has 1 heterocycles. The molecule has 0 aliphatic rings. The van der Waals surface area contributed by atoms with Gasteiger partial charge >= 0.3 is 176 Å². The number of thiophene rings is 1. The minimum atomic E-state index is -2.34. The number of hydrogen-bond acceptors (Lipinski definition) is 3. The fourth-order valence-electron chi connectivity index (χ4n) is 3.92. The average Bonchev–Trinajstić information content (AvgIpc) is 3.27. The van der Waals surface area contributed by atoms with Crippen molar-refractivity contribution in [1.29, 1.82) is 0 Å². The molecule has 0 saturated heterocycles. The summed E-state index contributed by atoms with van der Waals surface area (Å²) >= 11 is 1.54. The Morgan fingerprint density at radius 3 is 1.59 bits per heavy atom. The summed E-state index contributed by atoms with van der Waals surface area (Å²) < 4.78 is 4.92. The normalized spacial score (nSPS) is 11.8. The van der Waals surface area contributed by atoms with Crippen LogP contribution in [0.3, 0.4) is 0 Å². The zero-order valence-electron chi connectivity index (χ0n) is 16.2. The summed E-state index contributed by atoms with van der Waals surface area (Å²) in [5.74, 6) is -0.271. The van der Waals surface area contributed by atoms with E-state index in [1.54, 1.807) is 0 Å². The van der Waals surface area contributed by atoms with E-state index in [0.717, 1.165) is 6.16 Å². The van der Waals surface area contributed by atoms with Crippen molar-refractivity contribution >= 4 is 40.5 Å². The Hall–Kier alpha value is -2.74. The van der Waals surface area contributed by atoms with Crippen molar-refractivity contribution in [2.75, 3.05) is 7.11 Å². The zero-order chi connectivity index (χ0) is 20.1. The topological polar surface area (TPSA) is 26.3 Å². The average molecular weight is 418 g/mol. The molecule has 0 spiro atoms. The fraction of sp³-hybridized carbons (Fsp3) is 0.0800. The van der Waals surface area contributed by atoms with Gasteiger partial charge in [-0.05, 0) is 0 Å². The van der Waals surface area contributed by atoms with E-state index in [2.05, 4.69) is 97.1 Å². The van der Waals surface area contributed by atoms with Crippen molar-refractivity contribution in [3.05, 3.63) is 113 Å². The second-order valence-electron chi connectivity index (χ2n) is 6.94. The van der Waals surface area contributed by atoms with Gasteiger partial charge < -0.3 is 0 Å². The number of carbonyl (C=O) groups is 1. The molecule has 0 saturated carbocycles. The van der Waals surface area contributed by atoms with Gasteiger partial charge in [0.2, 0.25) is 0 Å². The standard InChI is InChI=1S/C25H23O2PS/c1-27-25(26)24-18-17-23(29-24)19-28(20-11-5-2-6-12-20,21-13-7-3-8-14-21)22-15-9-4-10-16-22/h2-18,28H,19H2,1H3. The van der Waals surface area contributed by atoms with Crippen LogP contribution in [0.1, 0.15) is 14.5 Å². The molecule has 0 unspecified atom stereocenters. The van der Waals surface area contributed by atoms with Crippen LogP contribution in [0.2, 0.25) is 0 Å². The molecule has 0 atom stereocenters. The van der Waals surface area contributed by atoms with Crippen LogP contribution >= 0.6 is 18.6 Å². The third kappa shape index (κ3) is 3.89. The molecule has 0 aliphatic carbocycles. The minimum absolute atomic E-state index is 0.271. The Kier molecular flexibility index (Phi) is 5.89. The number of ether oxygens (including phenoxy) is 1. The van der Waals surface area contributed by atoms with Crippen LogP contribution in [0.15, 0.2) is 103 Å². The first-order chi connectivity index (χ1) is 14.2. The number of rotatable bonds is 6. The van der Waals surface area contributed by atoms with Gasteiger partial charge in [-0.3, -0.25) is 0 Å². The van der Waals surface area contributed by atoms with Crippen molar-refractivity contribution in [1.82, 2.24) is 0 Å². The van der Waals surface area contributed by atoms with Crippen LogP contribution in [0.5, 0.6) is 0 Å². The number of methoxy groups -OCH3 is 1. The summed E-state index contributed by atoms with van der Waals surface area (Å²) in [5, 5.41) is 4.10. The van der Waals surface area contributed by atoms with E-state index in [-0.39, 0.29) is 5.97 Å². The van der Waals surface area contributed by atoms with E-state index in [1.807, 2.05) is 6.07 Å². The van der Waals surface area contributed by atoms with Gasteiger partial charge in [-0.1, -0.05) is 0 Å². The number of esters is 1.